The normalized spacial score (nSPS) is 20.8. The number of aromatic nitrogens is 1. The smallest absolute Gasteiger partial charge is 0.165 e. The van der Waals surface area contributed by atoms with Crippen molar-refractivity contribution >= 4 is 16.6 Å². The van der Waals surface area contributed by atoms with Crippen molar-refractivity contribution < 1.29 is 4.79 Å². The van der Waals surface area contributed by atoms with Crippen LogP contribution < -0.4 is 0 Å². The second-order valence-electron chi connectivity index (χ2n) is 5.93. The summed E-state index contributed by atoms with van der Waals surface area (Å²) in [5, 5.41) is 2.03. The summed E-state index contributed by atoms with van der Waals surface area (Å²) in [6.45, 7) is 3.05. The van der Waals surface area contributed by atoms with Crippen LogP contribution in [0, 0.1) is 0 Å². The number of nitrogens with zero attached hydrogens (tertiary/aromatic N) is 3. The van der Waals surface area contributed by atoms with Crippen molar-refractivity contribution in [3.63, 3.8) is 0 Å². The van der Waals surface area contributed by atoms with E-state index in [1.54, 1.807) is 6.20 Å². The fraction of sp³-hybridized carbons (Fsp3) is 0.412. The van der Waals surface area contributed by atoms with E-state index in [2.05, 4.69) is 28.9 Å². The molecule has 0 bridgehead atoms. The molecule has 4 heteroatoms. The van der Waals surface area contributed by atoms with E-state index in [1.165, 1.54) is 0 Å². The first kappa shape index (κ1) is 14.2. The van der Waals surface area contributed by atoms with E-state index >= 15 is 0 Å². The molecule has 1 fully saturated rings. The summed E-state index contributed by atoms with van der Waals surface area (Å²) in [4.78, 5) is 21.4. The quantitative estimate of drug-likeness (QED) is 0.808. The maximum Gasteiger partial charge on any atom is 0.165 e. The molecule has 4 nitrogen and oxygen atoms in total. The monoisotopic (exact) mass is 283 g/mol. The van der Waals surface area contributed by atoms with Crippen LogP contribution in [-0.2, 0) is 0 Å². The number of rotatable bonds is 3. The van der Waals surface area contributed by atoms with Crippen molar-refractivity contribution in [2.75, 3.05) is 33.7 Å². The van der Waals surface area contributed by atoms with Gasteiger partial charge in [0, 0.05) is 55.4 Å². The minimum absolute atomic E-state index is 0.221. The zero-order valence-corrected chi connectivity index (χ0v) is 12.6. The second-order valence-corrected chi connectivity index (χ2v) is 5.93. The van der Waals surface area contributed by atoms with Crippen LogP contribution in [0.2, 0.25) is 0 Å². The highest BCUT2D eigenvalue weighted by atomic mass is 16.1. The Labute approximate surface area is 125 Å². The van der Waals surface area contributed by atoms with E-state index in [-0.39, 0.29) is 5.78 Å². The van der Waals surface area contributed by atoms with Gasteiger partial charge >= 0.3 is 0 Å². The van der Waals surface area contributed by atoms with E-state index < -0.39 is 0 Å². The van der Waals surface area contributed by atoms with Gasteiger partial charge in [0.05, 0.1) is 0 Å². The van der Waals surface area contributed by atoms with Crippen molar-refractivity contribution in [3.05, 3.63) is 42.2 Å². The largest absolute Gasteiger partial charge is 0.304 e. The maximum absolute atomic E-state index is 12.7. The zero-order valence-electron chi connectivity index (χ0n) is 12.6. The number of piperazine rings is 1. The van der Waals surface area contributed by atoms with Crippen molar-refractivity contribution in [2.45, 2.75) is 12.5 Å². The average Bonchev–Trinajstić information content (AvgIpc) is 2.50. The minimum atomic E-state index is 0.221. The summed E-state index contributed by atoms with van der Waals surface area (Å²) in [6, 6.07) is 8.10. The van der Waals surface area contributed by atoms with Gasteiger partial charge in [0.25, 0.3) is 0 Å². The van der Waals surface area contributed by atoms with E-state index in [0.717, 1.165) is 36.0 Å². The molecule has 2 aromatic rings. The average molecular weight is 283 g/mol. The molecule has 1 unspecified atom stereocenters. The Bertz CT molecular complexity index is 650. The number of benzene rings is 1. The summed E-state index contributed by atoms with van der Waals surface area (Å²) in [7, 11) is 4.23. The summed E-state index contributed by atoms with van der Waals surface area (Å²) in [5.74, 6) is 0.221. The van der Waals surface area contributed by atoms with Crippen LogP contribution in [0.3, 0.4) is 0 Å². The molecule has 1 aliphatic rings. The zero-order chi connectivity index (χ0) is 14.8. The standard InChI is InChI=1S/C17H21N3O/c1-19-8-9-20(2)14(12-19)10-17(21)16-5-3-4-13-11-18-7-6-15(13)16/h3-7,11,14H,8-10,12H2,1-2H3. The third-order valence-electron chi connectivity index (χ3n) is 4.38. The SMILES string of the molecule is CN1CCN(C)C(CC(=O)c2cccc3cnccc23)C1. The number of carbonyl (C=O) groups excluding carboxylic acids is 1. The Morgan fingerprint density at radius 3 is 3.00 bits per heavy atom. The van der Waals surface area contributed by atoms with Gasteiger partial charge < -0.3 is 9.80 Å². The number of Topliss-reactive ketones (excluding diaryl/α,β-unsaturated/α-hetero) is 1. The highest BCUT2D eigenvalue weighted by Crippen LogP contribution is 2.21. The van der Waals surface area contributed by atoms with Crippen molar-refractivity contribution in [1.29, 1.82) is 0 Å². The second kappa shape index (κ2) is 5.92. The van der Waals surface area contributed by atoms with Gasteiger partial charge in [-0.2, -0.15) is 0 Å². The van der Waals surface area contributed by atoms with Crippen LogP contribution in [0.4, 0.5) is 0 Å². The van der Waals surface area contributed by atoms with Crippen LogP contribution in [0.15, 0.2) is 36.7 Å². The molecular weight excluding hydrogens is 262 g/mol. The third kappa shape index (κ3) is 2.96. The Hall–Kier alpha value is -1.78. The van der Waals surface area contributed by atoms with Gasteiger partial charge in [-0.1, -0.05) is 18.2 Å². The first-order valence-corrected chi connectivity index (χ1v) is 7.40. The summed E-state index contributed by atoms with van der Waals surface area (Å²) < 4.78 is 0. The molecule has 1 atom stereocenters. The number of pyridine rings is 1. The highest BCUT2D eigenvalue weighted by Gasteiger charge is 2.25. The third-order valence-corrected chi connectivity index (χ3v) is 4.38. The number of hydrogen-bond donors (Lipinski definition) is 0. The van der Waals surface area contributed by atoms with Gasteiger partial charge in [0.1, 0.15) is 0 Å². The fourth-order valence-corrected chi connectivity index (χ4v) is 3.01. The van der Waals surface area contributed by atoms with Gasteiger partial charge in [0.15, 0.2) is 5.78 Å². The Balaban J connectivity index is 1.84. The number of fused-ring (bicyclic) bond motifs is 1. The predicted octanol–water partition coefficient (Wildman–Crippen LogP) is 2.05. The molecule has 0 amide bonds. The van der Waals surface area contributed by atoms with Crippen LogP contribution in [0.5, 0.6) is 0 Å². The molecule has 0 aliphatic carbocycles. The molecule has 1 aromatic carbocycles. The van der Waals surface area contributed by atoms with E-state index in [9.17, 15) is 4.79 Å². The maximum atomic E-state index is 12.7. The van der Waals surface area contributed by atoms with Crippen LogP contribution in [-0.4, -0.2) is 60.3 Å². The van der Waals surface area contributed by atoms with Gasteiger partial charge in [-0.3, -0.25) is 9.78 Å². The van der Waals surface area contributed by atoms with Crippen molar-refractivity contribution in [2.24, 2.45) is 0 Å². The van der Waals surface area contributed by atoms with Gasteiger partial charge in [-0.25, -0.2) is 0 Å². The first-order chi connectivity index (χ1) is 10.1. The molecule has 21 heavy (non-hydrogen) atoms. The van der Waals surface area contributed by atoms with E-state index in [4.69, 9.17) is 0 Å². The van der Waals surface area contributed by atoms with E-state index in [0.29, 0.717) is 12.5 Å². The molecule has 110 valence electrons. The Morgan fingerprint density at radius 2 is 2.14 bits per heavy atom. The molecule has 3 rings (SSSR count). The fourth-order valence-electron chi connectivity index (χ4n) is 3.01. The molecular formula is C17H21N3O. The van der Waals surface area contributed by atoms with Gasteiger partial charge in [-0.15, -0.1) is 0 Å². The molecule has 1 aromatic heterocycles. The van der Waals surface area contributed by atoms with Gasteiger partial charge in [0.2, 0.25) is 0 Å². The van der Waals surface area contributed by atoms with Crippen LogP contribution in [0.25, 0.3) is 10.8 Å². The number of carbonyl (C=O) groups is 1. The predicted molar refractivity (Wildman–Crippen MR) is 84.6 cm³/mol. The molecule has 0 N–H and O–H groups in total. The lowest BCUT2D eigenvalue weighted by molar-refractivity contribution is 0.0811. The minimum Gasteiger partial charge on any atom is -0.304 e. The summed E-state index contributed by atoms with van der Waals surface area (Å²) in [5.41, 5.74) is 0.816. The summed E-state index contributed by atoms with van der Waals surface area (Å²) >= 11 is 0. The first-order valence-electron chi connectivity index (χ1n) is 7.40. The van der Waals surface area contributed by atoms with Gasteiger partial charge in [-0.05, 0) is 25.5 Å². The van der Waals surface area contributed by atoms with Crippen molar-refractivity contribution in [1.82, 2.24) is 14.8 Å². The molecule has 0 spiro atoms. The molecule has 1 saturated heterocycles. The summed E-state index contributed by atoms with van der Waals surface area (Å²) in [6.07, 6.45) is 4.13. The molecule has 2 heterocycles. The molecule has 1 aliphatic heterocycles. The molecule has 0 radical (unpaired) electrons. The van der Waals surface area contributed by atoms with Crippen LogP contribution in [0.1, 0.15) is 16.8 Å². The number of ketones is 1. The topological polar surface area (TPSA) is 36.4 Å². The number of likely N-dealkylation sites (N-methyl/N-ethyl adjacent to an activating group) is 2. The number of hydrogen-bond acceptors (Lipinski definition) is 4. The lowest BCUT2D eigenvalue weighted by Gasteiger charge is -2.37. The lowest BCUT2D eigenvalue weighted by Crippen LogP contribution is -2.50. The lowest BCUT2D eigenvalue weighted by atomic mass is 9.97. The van der Waals surface area contributed by atoms with E-state index in [1.807, 2.05) is 30.5 Å². The molecule has 0 saturated carbocycles. The van der Waals surface area contributed by atoms with Crippen molar-refractivity contribution in [3.8, 4) is 0 Å². The Morgan fingerprint density at radius 1 is 1.29 bits per heavy atom. The highest BCUT2D eigenvalue weighted by molar-refractivity contribution is 6.08. The van der Waals surface area contributed by atoms with Crippen LogP contribution >= 0.6 is 0 Å². The Kier molecular flexibility index (Phi) is 3.99.